The van der Waals surface area contributed by atoms with Gasteiger partial charge in [-0.05, 0) is 42.8 Å². The third-order valence-corrected chi connectivity index (χ3v) is 3.64. The monoisotopic (exact) mass is 323 g/mol. The van der Waals surface area contributed by atoms with E-state index < -0.39 is 0 Å². The molecule has 1 aromatic heterocycles. The van der Waals surface area contributed by atoms with Crippen molar-refractivity contribution in [2.24, 2.45) is 5.10 Å². The van der Waals surface area contributed by atoms with Crippen molar-refractivity contribution in [1.82, 2.24) is 9.66 Å². The highest BCUT2D eigenvalue weighted by atomic mass is 19.1. The largest absolute Gasteiger partial charge is 0.368 e. The molecule has 0 aliphatic rings. The number of rotatable bonds is 4. The van der Waals surface area contributed by atoms with Crippen molar-refractivity contribution in [3.63, 3.8) is 0 Å². The fourth-order valence-electron chi connectivity index (χ4n) is 2.34. The molecular weight excluding hydrogens is 305 g/mol. The summed E-state index contributed by atoms with van der Waals surface area (Å²) in [5, 5.41) is 4.28. The predicted octanol–water partition coefficient (Wildman–Crippen LogP) is 3.56. The van der Waals surface area contributed by atoms with Crippen LogP contribution in [-0.4, -0.2) is 22.9 Å². The molecular formula is C18H18FN5. The van der Waals surface area contributed by atoms with E-state index in [4.69, 9.17) is 5.73 Å². The van der Waals surface area contributed by atoms with Gasteiger partial charge >= 0.3 is 0 Å². The lowest BCUT2D eigenvalue weighted by molar-refractivity contribution is 0.628. The Kier molecular flexibility index (Phi) is 4.29. The molecule has 0 atom stereocenters. The highest BCUT2D eigenvalue weighted by Crippen LogP contribution is 2.24. The highest BCUT2D eigenvalue weighted by Gasteiger charge is 2.05. The number of hydrogen-bond acceptors (Lipinski definition) is 4. The van der Waals surface area contributed by atoms with E-state index in [1.807, 2.05) is 49.2 Å². The number of aryl methyl sites for hydroxylation is 1. The van der Waals surface area contributed by atoms with Crippen molar-refractivity contribution >= 4 is 23.5 Å². The van der Waals surface area contributed by atoms with Crippen LogP contribution in [0, 0.1) is 12.7 Å². The van der Waals surface area contributed by atoms with Gasteiger partial charge in [0, 0.05) is 18.4 Å². The summed E-state index contributed by atoms with van der Waals surface area (Å²) in [6.07, 6.45) is 3.47. The van der Waals surface area contributed by atoms with Gasteiger partial charge in [-0.2, -0.15) is 5.10 Å². The van der Waals surface area contributed by atoms with Crippen LogP contribution >= 0.6 is 0 Å². The van der Waals surface area contributed by atoms with Crippen molar-refractivity contribution in [3.8, 4) is 0 Å². The highest BCUT2D eigenvalue weighted by molar-refractivity contribution is 5.80. The summed E-state index contributed by atoms with van der Waals surface area (Å²) in [6.45, 7) is 1.86. The van der Waals surface area contributed by atoms with Crippen LogP contribution in [-0.2, 0) is 0 Å². The van der Waals surface area contributed by atoms with Crippen LogP contribution in [0.4, 0.5) is 21.7 Å². The first-order chi connectivity index (χ1) is 11.5. The first-order valence-corrected chi connectivity index (χ1v) is 7.48. The van der Waals surface area contributed by atoms with E-state index >= 15 is 0 Å². The lowest BCUT2D eigenvalue weighted by Gasteiger charge is -2.19. The topological polar surface area (TPSA) is 59.4 Å². The lowest BCUT2D eigenvalue weighted by atomic mass is 10.2. The molecule has 2 N–H and O–H groups in total. The minimum Gasteiger partial charge on any atom is -0.368 e. The maximum absolute atomic E-state index is 13.3. The van der Waals surface area contributed by atoms with Crippen LogP contribution in [0.3, 0.4) is 0 Å². The molecule has 0 amide bonds. The minimum absolute atomic E-state index is 0.253. The van der Waals surface area contributed by atoms with Crippen molar-refractivity contribution in [3.05, 3.63) is 71.8 Å². The molecule has 0 bridgehead atoms. The van der Waals surface area contributed by atoms with Crippen molar-refractivity contribution in [1.29, 1.82) is 0 Å². The fourth-order valence-corrected chi connectivity index (χ4v) is 2.34. The van der Waals surface area contributed by atoms with E-state index in [0.29, 0.717) is 5.95 Å². The Balaban J connectivity index is 1.77. The first-order valence-electron chi connectivity index (χ1n) is 7.48. The second kappa shape index (κ2) is 6.54. The Morgan fingerprint density at radius 2 is 1.92 bits per heavy atom. The van der Waals surface area contributed by atoms with Crippen LogP contribution in [0.5, 0.6) is 0 Å². The number of anilines is 3. The number of imidazole rings is 1. The van der Waals surface area contributed by atoms with Crippen molar-refractivity contribution in [2.75, 3.05) is 17.7 Å². The van der Waals surface area contributed by atoms with Gasteiger partial charge < -0.3 is 10.6 Å². The van der Waals surface area contributed by atoms with Gasteiger partial charge in [0.15, 0.2) is 0 Å². The zero-order valence-corrected chi connectivity index (χ0v) is 13.5. The molecule has 122 valence electrons. The maximum Gasteiger partial charge on any atom is 0.221 e. The second-order valence-corrected chi connectivity index (χ2v) is 5.46. The predicted molar refractivity (Wildman–Crippen MR) is 95.3 cm³/mol. The molecule has 0 saturated carbocycles. The Labute approximate surface area is 139 Å². The molecule has 24 heavy (non-hydrogen) atoms. The summed E-state index contributed by atoms with van der Waals surface area (Å²) in [4.78, 5) is 6.01. The number of hydrogen-bond donors (Lipinski definition) is 1. The average molecular weight is 323 g/mol. The van der Waals surface area contributed by atoms with Gasteiger partial charge in [0.25, 0.3) is 0 Å². The van der Waals surface area contributed by atoms with Gasteiger partial charge in [-0.3, -0.25) is 0 Å². The first kappa shape index (κ1) is 15.7. The lowest BCUT2D eigenvalue weighted by Crippen LogP contribution is -2.09. The molecule has 3 rings (SSSR count). The summed E-state index contributed by atoms with van der Waals surface area (Å²) >= 11 is 0. The molecule has 1 heterocycles. The van der Waals surface area contributed by atoms with E-state index in [9.17, 15) is 4.39 Å². The molecule has 5 nitrogen and oxygen atoms in total. The van der Waals surface area contributed by atoms with E-state index in [0.717, 1.165) is 22.6 Å². The summed E-state index contributed by atoms with van der Waals surface area (Å²) in [5.74, 6) is 0.0996. The Bertz CT molecular complexity index is 867. The second-order valence-electron chi connectivity index (χ2n) is 5.46. The number of aromatic nitrogens is 2. The molecule has 6 heteroatoms. The van der Waals surface area contributed by atoms with Gasteiger partial charge in [0.05, 0.1) is 18.1 Å². The molecule has 0 unspecified atom stereocenters. The summed E-state index contributed by atoms with van der Waals surface area (Å²) in [5.41, 5.74) is 9.24. The van der Waals surface area contributed by atoms with E-state index in [1.54, 1.807) is 18.5 Å². The third-order valence-electron chi connectivity index (χ3n) is 3.64. The van der Waals surface area contributed by atoms with Crippen LogP contribution < -0.4 is 10.6 Å². The summed E-state index contributed by atoms with van der Waals surface area (Å²) in [7, 11) is 1.90. The van der Waals surface area contributed by atoms with E-state index in [-0.39, 0.29) is 5.82 Å². The van der Waals surface area contributed by atoms with Gasteiger partial charge in [0.2, 0.25) is 5.95 Å². The van der Waals surface area contributed by atoms with Crippen molar-refractivity contribution in [2.45, 2.75) is 6.92 Å². The normalized spacial score (nSPS) is 11.1. The van der Waals surface area contributed by atoms with E-state index in [1.165, 1.54) is 16.8 Å². The Morgan fingerprint density at radius 3 is 2.54 bits per heavy atom. The molecule has 0 aliphatic carbocycles. The molecule has 0 spiro atoms. The van der Waals surface area contributed by atoms with Gasteiger partial charge in [-0.1, -0.05) is 18.2 Å². The quantitative estimate of drug-likeness (QED) is 0.747. The van der Waals surface area contributed by atoms with Gasteiger partial charge in [-0.15, -0.1) is 0 Å². The van der Waals surface area contributed by atoms with Crippen LogP contribution in [0.1, 0.15) is 11.3 Å². The molecule has 3 aromatic rings. The third kappa shape index (κ3) is 3.43. The fraction of sp³-hybridized carbons (Fsp3) is 0.111. The number of nitrogens with zero attached hydrogens (tertiary/aromatic N) is 4. The van der Waals surface area contributed by atoms with Crippen LogP contribution in [0.25, 0.3) is 0 Å². The Morgan fingerprint density at radius 1 is 1.17 bits per heavy atom. The van der Waals surface area contributed by atoms with Crippen LogP contribution in [0.15, 0.2) is 59.8 Å². The average Bonchev–Trinajstić information content (AvgIpc) is 2.90. The zero-order valence-electron chi connectivity index (χ0n) is 13.5. The van der Waals surface area contributed by atoms with Gasteiger partial charge in [0.1, 0.15) is 5.82 Å². The SMILES string of the molecule is Cc1cn(N=Cc2ccc(N(C)c3cccc(F)c3)cc2)c(N)n1. The van der Waals surface area contributed by atoms with Crippen LogP contribution in [0.2, 0.25) is 0 Å². The van der Waals surface area contributed by atoms with Crippen molar-refractivity contribution < 1.29 is 4.39 Å². The number of nitrogens with two attached hydrogens (primary N) is 1. The molecule has 0 aliphatic heterocycles. The molecule has 0 radical (unpaired) electrons. The molecule has 2 aromatic carbocycles. The van der Waals surface area contributed by atoms with E-state index in [2.05, 4.69) is 10.1 Å². The Hall–Kier alpha value is -3.15. The minimum atomic E-state index is -0.253. The number of benzene rings is 2. The summed E-state index contributed by atoms with van der Waals surface area (Å²) < 4.78 is 14.9. The standard InChI is InChI=1S/C18H18FN5/c1-13-12-24(18(20)22-13)21-11-14-6-8-16(9-7-14)23(2)17-5-3-4-15(19)10-17/h3-12H,1-2H3,(H2,20,22). The number of halogens is 1. The summed E-state index contributed by atoms with van der Waals surface area (Å²) in [6, 6.07) is 14.3. The zero-order chi connectivity index (χ0) is 17.1. The smallest absolute Gasteiger partial charge is 0.221 e. The maximum atomic E-state index is 13.3. The van der Waals surface area contributed by atoms with Gasteiger partial charge in [-0.25, -0.2) is 14.1 Å². The molecule has 0 fully saturated rings. The number of nitrogen functional groups attached to an aromatic ring is 1. The molecule has 0 saturated heterocycles.